The fourth-order valence-electron chi connectivity index (χ4n) is 3.67. The van der Waals surface area contributed by atoms with E-state index in [4.69, 9.17) is 9.47 Å². The van der Waals surface area contributed by atoms with E-state index in [-0.39, 0.29) is 17.1 Å². The zero-order valence-electron chi connectivity index (χ0n) is 16.7. The molecular formula is C23H26FNO4. The lowest BCUT2D eigenvalue weighted by molar-refractivity contribution is 0.104. The molecule has 0 bridgehead atoms. The van der Waals surface area contributed by atoms with E-state index in [1.807, 2.05) is 0 Å². The number of carbonyl (C=O) groups excluding carboxylic acids is 1. The first-order valence-corrected chi connectivity index (χ1v) is 9.69. The fourth-order valence-corrected chi connectivity index (χ4v) is 3.67. The summed E-state index contributed by atoms with van der Waals surface area (Å²) in [5.41, 5.74) is 0.954. The molecule has 0 saturated carbocycles. The van der Waals surface area contributed by atoms with Gasteiger partial charge in [-0.2, -0.15) is 0 Å². The number of carbonyl (C=O) groups is 1. The van der Waals surface area contributed by atoms with Gasteiger partial charge in [0.2, 0.25) is 0 Å². The molecule has 1 heterocycles. The van der Waals surface area contributed by atoms with Crippen molar-refractivity contribution < 1.29 is 23.8 Å². The van der Waals surface area contributed by atoms with Gasteiger partial charge in [-0.1, -0.05) is 18.2 Å². The monoisotopic (exact) mass is 399 g/mol. The third-order valence-electron chi connectivity index (χ3n) is 5.29. The topological polar surface area (TPSA) is 67.8 Å². The molecule has 3 rings (SSSR count). The molecule has 0 atom stereocenters. The van der Waals surface area contributed by atoms with Gasteiger partial charge >= 0.3 is 0 Å². The van der Waals surface area contributed by atoms with Crippen LogP contribution in [0.4, 0.5) is 4.39 Å². The predicted octanol–water partition coefficient (Wildman–Crippen LogP) is 3.99. The van der Waals surface area contributed by atoms with Gasteiger partial charge in [-0.25, -0.2) is 4.39 Å². The highest BCUT2D eigenvalue weighted by molar-refractivity contribution is 6.11. The number of benzene rings is 2. The molecule has 5 nitrogen and oxygen atoms in total. The Balaban J connectivity index is 1.96. The molecule has 2 N–H and O–H groups in total. The first kappa shape index (κ1) is 20.9. The lowest BCUT2D eigenvalue weighted by Crippen LogP contribution is -2.28. The van der Waals surface area contributed by atoms with Gasteiger partial charge in [0.15, 0.2) is 5.78 Å². The van der Waals surface area contributed by atoms with Crippen LogP contribution in [0.5, 0.6) is 17.2 Å². The molecule has 1 aliphatic rings. The number of allylic oxidation sites excluding steroid dienone is 1. The smallest absolute Gasteiger partial charge is 0.193 e. The van der Waals surface area contributed by atoms with Crippen molar-refractivity contribution in [2.45, 2.75) is 19.3 Å². The van der Waals surface area contributed by atoms with E-state index in [1.165, 1.54) is 32.4 Å². The third kappa shape index (κ3) is 4.77. The van der Waals surface area contributed by atoms with Crippen LogP contribution in [-0.4, -0.2) is 38.2 Å². The fraction of sp³-hybridized carbons (Fsp3) is 0.348. The first-order chi connectivity index (χ1) is 14.0. The summed E-state index contributed by atoms with van der Waals surface area (Å²) in [6.45, 7) is 1.86. The van der Waals surface area contributed by atoms with E-state index in [9.17, 15) is 14.3 Å². The second kappa shape index (κ2) is 9.56. The maximum Gasteiger partial charge on any atom is 0.193 e. The second-order valence-corrected chi connectivity index (χ2v) is 7.10. The molecular weight excluding hydrogens is 373 g/mol. The normalized spacial score (nSPS) is 14.9. The molecule has 0 aliphatic carbocycles. The van der Waals surface area contributed by atoms with Gasteiger partial charge in [-0.3, -0.25) is 4.79 Å². The molecule has 0 aromatic heterocycles. The first-order valence-electron chi connectivity index (χ1n) is 9.69. The van der Waals surface area contributed by atoms with Gasteiger partial charge in [0.05, 0.1) is 14.2 Å². The van der Waals surface area contributed by atoms with Crippen molar-refractivity contribution in [3.63, 3.8) is 0 Å². The lowest BCUT2D eigenvalue weighted by Gasteiger charge is -2.24. The molecule has 1 aliphatic heterocycles. The summed E-state index contributed by atoms with van der Waals surface area (Å²) < 4.78 is 24.6. The second-order valence-electron chi connectivity index (χ2n) is 7.10. The number of piperidine rings is 1. The summed E-state index contributed by atoms with van der Waals surface area (Å²) in [5, 5.41) is 14.3. The van der Waals surface area contributed by atoms with Crippen molar-refractivity contribution in [3.8, 4) is 17.2 Å². The van der Waals surface area contributed by atoms with E-state index in [0.717, 1.165) is 25.9 Å². The summed E-state index contributed by atoms with van der Waals surface area (Å²) in [6, 6.07) is 7.80. The van der Waals surface area contributed by atoms with E-state index in [0.29, 0.717) is 29.2 Å². The molecule has 0 unspecified atom stereocenters. The van der Waals surface area contributed by atoms with Crippen molar-refractivity contribution in [1.82, 2.24) is 5.32 Å². The van der Waals surface area contributed by atoms with Crippen LogP contribution in [0.3, 0.4) is 0 Å². The molecule has 2 aromatic carbocycles. The van der Waals surface area contributed by atoms with E-state index in [2.05, 4.69) is 5.32 Å². The van der Waals surface area contributed by atoms with E-state index < -0.39 is 11.6 Å². The average molecular weight is 399 g/mol. The summed E-state index contributed by atoms with van der Waals surface area (Å²) in [4.78, 5) is 12.9. The van der Waals surface area contributed by atoms with E-state index >= 15 is 0 Å². The van der Waals surface area contributed by atoms with Crippen LogP contribution in [-0.2, 0) is 6.42 Å². The Kier molecular flexibility index (Phi) is 6.88. The van der Waals surface area contributed by atoms with Crippen molar-refractivity contribution in [3.05, 3.63) is 58.9 Å². The molecule has 1 saturated heterocycles. The number of hydrogen-bond donors (Lipinski definition) is 2. The highest BCUT2D eigenvalue weighted by atomic mass is 19.1. The van der Waals surface area contributed by atoms with Crippen LogP contribution in [0.25, 0.3) is 6.08 Å². The zero-order valence-corrected chi connectivity index (χ0v) is 16.7. The molecule has 0 spiro atoms. The van der Waals surface area contributed by atoms with Gasteiger partial charge in [0.1, 0.15) is 28.6 Å². The van der Waals surface area contributed by atoms with Crippen LogP contribution < -0.4 is 14.8 Å². The Bertz CT molecular complexity index is 904. The number of hydrogen-bond acceptors (Lipinski definition) is 5. The van der Waals surface area contributed by atoms with Crippen molar-refractivity contribution >= 4 is 11.9 Å². The summed E-state index contributed by atoms with van der Waals surface area (Å²) >= 11 is 0. The zero-order chi connectivity index (χ0) is 20.8. The number of nitrogens with one attached hydrogen (secondary N) is 1. The predicted molar refractivity (Wildman–Crippen MR) is 110 cm³/mol. The maximum absolute atomic E-state index is 13.8. The number of aromatic hydroxyl groups is 1. The standard InChI is InChI=1S/C23H26FNO4/c1-28-20-14-21(29-2)22(19(26)8-7-16-5-3-4-6-18(16)24)23(27)17(20)13-15-9-11-25-12-10-15/h3-8,14-15,25,27H,9-13H2,1-2H3/b8-7+. The van der Waals surface area contributed by atoms with Crippen LogP contribution in [0.2, 0.25) is 0 Å². The quantitative estimate of drug-likeness (QED) is 0.544. The largest absolute Gasteiger partial charge is 0.507 e. The number of ether oxygens (including phenoxy) is 2. The molecule has 6 heteroatoms. The van der Waals surface area contributed by atoms with Gasteiger partial charge in [-0.15, -0.1) is 0 Å². The lowest BCUT2D eigenvalue weighted by atomic mass is 9.88. The van der Waals surface area contributed by atoms with Gasteiger partial charge in [-0.05, 0) is 56.5 Å². The van der Waals surface area contributed by atoms with Crippen molar-refractivity contribution in [2.75, 3.05) is 27.3 Å². The van der Waals surface area contributed by atoms with Crippen LogP contribution in [0.1, 0.15) is 34.3 Å². The van der Waals surface area contributed by atoms with Crippen LogP contribution in [0, 0.1) is 11.7 Å². The Morgan fingerprint density at radius 1 is 1.21 bits per heavy atom. The number of phenols is 1. The number of ketones is 1. The number of methoxy groups -OCH3 is 2. The molecule has 2 aromatic rings. The summed E-state index contributed by atoms with van der Waals surface area (Å²) in [5.74, 6) is 0.0827. The minimum absolute atomic E-state index is 0.0600. The Labute approximate surface area is 170 Å². The molecule has 29 heavy (non-hydrogen) atoms. The number of phenolic OH excluding ortho intramolecular Hbond substituents is 1. The molecule has 0 amide bonds. The maximum atomic E-state index is 13.8. The SMILES string of the molecule is COc1cc(OC)c(C(=O)/C=C/c2ccccc2F)c(O)c1CC1CCNCC1. The van der Waals surface area contributed by atoms with Crippen molar-refractivity contribution in [2.24, 2.45) is 5.92 Å². The minimum atomic E-state index is -0.461. The Morgan fingerprint density at radius 2 is 1.90 bits per heavy atom. The van der Waals surface area contributed by atoms with Gasteiger partial charge in [0, 0.05) is 17.2 Å². The Morgan fingerprint density at radius 3 is 2.55 bits per heavy atom. The van der Waals surface area contributed by atoms with Gasteiger partial charge in [0.25, 0.3) is 0 Å². The molecule has 154 valence electrons. The number of halogens is 1. The van der Waals surface area contributed by atoms with Crippen LogP contribution >= 0.6 is 0 Å². The molecule has 0 radical (unpaired) electrons. The highest BCUT2D eigenvalue weighted by Crippen LogP contribution is 2.41. The van der Waals surface area contributed by atoms with Gasteiger partial charge < -0.3 is 19.9 Å². The number of rotatable bonds is 7. The summed E-state index contributed by atoms with van der Waals surface area (Å²) in [6.07, 6.45) is 5.23. The Hall–Kier alpha value is -2.86. The third-order valence-corrected chi connectivity index (χ3v) is 5.29. The summed E-state index contributed by atoms with van der Waals surface area (Å²) in [7, 11) is 2.96. The van der Waals surface area contributed by atoms with E-state index in [1.54, 1.807) is 24.3 Å². The molecule has 1 fully saturated rings. The van der Waals surface area contributed by atoms with Crippen molar-refractivity contribution in [1.29, 1.82) is 0 Å². The minimum Gasteiger partial charge on any atom is -0.507 e. The van der Waals surface area contributed by atoms with Crippen LogP contribution in [0.15, 0.2) is 36.4 Å². The average Bonchev–Trinajstić information content (AvgIpc) is 2.74. The highest BCUT2D eigenvalue weighted by Gasteiger charge is 2.25.